The van der Waals surface area contributed by atoms with Crippen molar-refractivity contribution in [2.45, 2.75) is 23.9 Å². The molecule has 0 saturated carbocycles. The molecule has 0 aliphatic rings. The highest BCUT2D eigenvalue weighted by Crippen LogP contribution is 2.29. The van der Waals surface area contributed by atoms with Crippen molar-refractivity contribution >= 4 is 39.8 Å². The van der Waals surface area contributed by atoms with E-state index in [0.29, 0.717) is 16.4 Å². The van der Waals surface area contributed by atoms with Gasteiger partial charge in [-0.2, -0.15) is 0 Å². The molecule has 1 amide bonds. The number of aromatic nitrogens is 4. The molecule has 0 saturated heterocycles. The van der Waals surface area contributed by atoms with Crippen LogP contribution in [0.4, 0.5) is 10.8 Å². The van der Waals surface area contributed by atoms with E-state index in [4.69, 9.17) is 5.73 Å². The van der Waals surface area contributed by atoms with Gasteiger partial charge in [0.25, 0.3) is 5.91 Å². The molecule has 0 radical (unpaired) electrons. The van der Waals surface area contributed by atoms with Gasteiger partial charge in [-0.3, -0.25) is 10.1 Å². The van der Waals surface area contributed by atoms with Crippen molar-refractivity contribution in [3.63, 3.8) is 0 Å². The molecule has 0 aliphatic carbocycles. The molecule has 3 aromatic rings. The Kier molecular flexibility index (Phi) is 4.54. The number of hydrogen-bond donors (Lipinski definition) is 2. The normalized spacial score (nSPS) is 10.8. The second-order valence-corrected chi connectivity index (χ2v) is 7.43. The predicted octanol–water partition coefficient (Wildman–Crippen LogP) is 2.87. The first-order chi connectivity index (χ1) is 11.4. The summed E-state index contributed by atoms with van der Waals surface area (Å²) >= 11 is 2.86. The van der Waals surface area contributed by atoms with E-state index in [1.54, 1.807) is 18.5 Å². The Labute approximate surface area is 147 Å². The van der Waals surface area contributed by atoms with Gasteiger partial charge in [0, 0.05) is 22.5 Å². The van der Waals surface area contributed by atoms with E-state index in [1.165, 1.54) is 23.1 Å². The van der Waals surface area contributed by atoms with E-state index in [2.05, 4.69) is 20.5 Å². The lowest BCUT2D eigenvalue weighted by molar-refractivity contribution is 0.102. The van der Waals surface area contributed by atoms with Gasteiger partial charge in [-0.05, 0) is 43.8 Å². The number of rotatable bonds is 4. The molecule has 2 aromatic heterocycles. The monoisotopic (exact) mass is 360 g/mol. The number of anilines is 2. The van der Waals surface area contributed by atoms with Crippen LogP contribution in [-0.4, -0.2) is 25.7 Å². The highest BCUT2D eigenvalue weighted by atomic mass is 32.2. The number of hydrogen-bond acceptors (Lipinski definition) is 7. The van der Waals surface area contributed by atoms with Crippen molar-refractivity contribution < 1.29 is 4.79 Å². The van der Waals surface area contributed by atoms with Gasteiger partial charge in [0.05, 0.1) is 11.3 Å². The second kappa shape index (κ2) is 6.62. The third-order valence-electron chi connectivity index (χ3n) is 3.40. The molecular weight excluding hydrogens is 344 g/mol. The van der Waals surface area contributed by atoms with E-state index < -0.39 is 0 Å². The fraction of sp³-hybridized carbons (Fsp3) is 0.200. The number of nitrogens with two attached hydrogens (primary N) is 1. The fourth-order valence-corrected chi connectivity index (χ4v) is 3.57. The fourth-order valence-electron chi connectivity index (χ4n) is 1.96. The lowest BCUT2D eigenvalue weighted by atomic mass is 10.1. The Morgan fingerprint density at radius 2 is 2.17 bits per heavy atom. The van der Waals surface area contributed by atoms with Gasteiger partial charge in [-0.1, -0.05) is 0 Å². The van der Waals surface area contributed by atoms with Crippen LogP contribution in [0.15, 0.2) is 34.6 Å². The molecule has 24 heavy (non-hydrogen) atoms. The predicted molar refractivity (Wildman–Crippen MR) is 95.5 cm³/mol. The molecule has 0 unspecified atom stereocenters. The average molecular weight is 360 g/mol. The van der Waals surface area contributed by atoms with Crippen molar-refractivity contribution in [2.75, 3.05) is 11.1 Å². The number of carbonyl (C=O) groups is 1. The van der Waals surface area contributed by atoms with Crippen molar-refractivity contribution in [1.82, 2.24) is 19.7 Å². The van der Waals surface area contributed by atoms with Crippen LogP contribution in [0.2, 0.25) is 0 Å². The molecule has 124 valence electrons. The third kappa shape index (κ3) is 3.41. The van der Waals surface area contributed by atoms with Crippen LogP contribution in [0.1, 0.15) is 20.9 Å². The smallest absolute Gasteiger partial charge is 0.259 e. The lowest BCUT2D eigenvalue weighted by Gasteiger charge is -2.08. The van der Waals surface area contributed by atoms with Gasteiger partial charge in [0.2, 0.25) is 0 Å². The highest BCUT2D eigenvalue weighted by molar-refractivity contribution is 7.99. The topological polar surface area (TPSA) is 98.7 Å². The van der Waals surface area contributed by atoms with E-state index in [9.17, 15) is 4.79 Å². The van der Waals surface area contributed by atoms with Crippen LogP contribution >= 0.6 is 23.1 Å². The number of nitrogens with zero attached hydrogens (tertiary/aromatic N) is 4. The zero-order valence-electron chi connectivity index (χ0n) is 13.4. The van der Waals surface area contributed by atoms with Gasteiger partial charge in [-0.25, -0.2) is 4.98 Å². The first-order valence-corrected chi connectivity index (χ1v) is 8.74. The van der Waals surface area contributed by atoms with Crippen LogP contribution < -0.4 is 11.1 Å². The Morgan fingerprint density at radius 3 is 2.79 bits per heavy atom. The van der Waals surface area contributed by atoms with Crippen LogP contribution in [0.3, 0.4) is 0 Å². The Hall–Kier alpha value is -2.39. The number of thiazole rings is 1. The van der Waals surface area contributed by atoms with Gasteiger partial charge in [-0.15, -0.1) is 21.5 Å². The van der Waals surface area contributed by atoms with Crippen molar-refractivity contribution in [1.29, 1.82) is 0 Å². The SMILES string of the molecule is Cc1nc(NC(=O)c2cc(Sc3nncn3C)ccc2N)sc1C. The molecule has 0 fully saturated rings. The summed E-state index contributed by atoms with van der Waals surface area (Å²) in [7, 11) is 1.86. The Bertz CT molecular complexity index is 882. The number of benzene rings is 1. The molecule has 0 spiro atoms. The molecule has 3 N–H and O–H groups in total. The first kappa shape index (κ1) is 16.5. The molecule has 0 aliphatic heterocycles. The summed E-state index contributed by atoms with van der Waals surface area (Å²) in [6.45, 7) is 3.88. The number of amides is 1. The van der Waals surface area contributed by atoms with Gasteiger partial charge in [0.15, 0.2) is 10.3 Å². The molecule has 3 rings (SSSR count). The third-order valence-corrected chi connectivity index (χ3v) is 5.43. The van der Waals surface area contributed by atoms with Crippen LogP contribution in [0.5, 0.6) is 0 Å². The summed E-state index contributed by atoms with van der Waals surface area (Å²) in [4.78, 5) is 18.8. The number of nitrogen functional groups attached to an aromatic ring is 1. The number of nitrogens with one attached hydrogen (secondary N) is 1. The summed E-state index contributed by atoms with van der Waals surface area (Å²) in [6, 6.07) is 5.31. The lowest BCUT2D eigenvalue weighted by Crippen LogP contribution is -2.14. The summed E-state index contributed by atoms with van der Waals surface area (Å²) in [6.07, 6.45) is 1.63. The molecule has 1 aromatic carbocycles. The molecule has 0 atom stereocenters. The maximum Gasteiger partial charge on any atom is 0.259 e. The summed E-state index contributed by atoms with van der Waals surface area (Å²) in [5.74, 6) is -0.276. The second-order valence-electron chi connectivity index (χ2n) is 5.19. The quantitative estimate of drug-likeness (QED) is 0.694. The molecule has 0 bridgehead atoms. The van der Waals surface area contributed by atoms with E-state index >= 15 is 0 Å². The highest BCUT2D eigenvalue weighted by Gasteiger charge is 2.15. The number of carbonyl (C=O) groups excluding carboxylic acids is 1. The Balaban J connectivity index is 1.82. The zero-order valence-corrected chi connectivity index (χ0v) is 15.0. The maximum absolute atomic E-state index is 12.5. The standard InChI is InChI=1S/C15H16N6OS2/c1-8-9(2)23-14(18-8)19-13(22)11-6-10(4-5-12(11)16)24-15-20-17-7-21(15)3/h4-7H,16H2,1-3H3,(H,18,19,22). The molecule has 7 nitrogen and oxygen atoms in total. The van der Waals surface area contributed by atoms with Crippen molar-refractivity contribution in [3.05, 3.63) is 40.7 Å². The van der Waals surface area contributed by atoms with Crippen LogP contribution in [0, 0.1) is 13.8 Å². The van der Waals surface area contributed by atoms with E-state index in [0.717, 1.165) is 20.6 Å². The average Bonchev–Trinajstić information content (AvgIpc) is 3.07. The zero-order chi connectivity index (χ0) is 17.3. The summed E-state index contributed by atoms with van der Waals surface area (Å²) in [5, 5.41) is 12.0. The molecule has 9 heteroatoms. The van der Waals surface area contributed by atoms with Crippen LogP contribution in [-0.2, 0) is 7.05 Å². The van der Waals surface area contributed by atoms with E-state index in [-0.39, 0.29) is 5.91 Å². The van der Waals surface area contributed by atoms with Crippen molar-refractivity contribution in [3.8, 4) is 0 Å². The van der Waals surface area contributed by atoms with E-state index in [1.807, 2.05) is 31.5 Å². The van der Waals surface area contributed by atoms with Gasteiger partial charge in [0.1, 0.15) is 6.33 Å². The maximum atomic E-state index is 12.5. The summed E-state index contributed by atoms with van der Waals surface area (Å²) < 4.78 is 1.81. The summed E-state index contributed by atoms with van der Waals surface area (Å²) in [5.41, 5.74) is 7.70. The van der Waals surface area contributed by atoms with Crippen molar-refractivity contribution in [2.24, 2.45) is 7.05 Å². The molecule has 2 heterocycles. The first-order valence-electron chi connectivity index (χ1n) is 7.11. The van der Waals surface area contributed by atoms with Crippen LogP contribution in [0.25, 0.3) is 0 Å². The number of aryl methyl sites for hydroxylation is 3. The minimum absolute atomic E-state index is 0.276. The largest absolute Gasteiger partial charge is 0.398 e. The van der Waals surface area contributed by atoms with Gasteiger partial charge >= 0.3 is 0 Å². The molecular formula is C15H16N6OS2. The minimum atomic E-state index is -0.276. The Morgan fingerprint density at radius 1 is 1.38 bits per heavy atom. The van der Waals surface area contributed by atoms with Gasteiger partial charge < -0.3 is 10.3 Å². The minimum Gasteiger partial charge on any atom is -0.398 e.